The van der Waals surface area contributed by atoms with E-state index >= 15 is 0 Å². The molecule has 1 amide bonds. The molecule has 1 heterocycles. The lowest BCUT2D eigenvalue weighted by Gasteiger charge is -2.16. The Bertz CT molecular complexity index is 654. The molecular formula is C15H16N4O. The van der Waals surface area contributed by atoms with Crippen molar-refractivity contribution in [3.8, 4) is 6.07 Å². The van der Waals surface area contributed by atoms with Gasteiger partial charge < -0.3 is 4.90 Å². The molecule has 20 heavy (non-hydrogen) atoms. The normalized spacial score (nSPS) is 10.1. The zero-order chi connectivity index (χ0) is 14.5. The molecule has 1 aromatic carbocycles. The molecule has 5 heteroatoms. The first-order valence-corrected chi connectivity index (χ1v) is 6.42. The van der Waals surface area contributed by atoms with Gasteiger partial charge in [-0.05, 0) is 31.2 Å². The monoisotopic (exact) mass is 268 g/mol. The molecule has 0 atom stereocenters. The minimum absolute atomic E-state index is 0.117. The number of hydrogen-bond acceptors (Lipinski definition) is 3. The van der Waals surface area contributed by atoms with Crippen LogP contribution in [-0.4, -0.2) is 27.6 Å². The van der Waals surface area contributed by atoms with Crippen LogP contribution in [0.1, 0.15) is 28.5 Å². The lowest BCUT2D eigenvalue weighted by Crippen LogP contribution is -2.26. The smallest absolute Gasteiger partial charge is 0.253 e. The van der Waals surface area contributed by atoms with Gasteiger partial charge in [-0.3, -0.25) is 9.48 Å². The lowest BCUT2D eigenvalue weighted by molar-refractivity contribution is 0.0783. The van der Waals surface area contributed by atoms with E-state index in [4.69, 9.17) is 5.26 Å². The summed E-state index contributed by atoms with van der Waals surface area (Å²) in [5.41, 5.74) is 1.85. The summed E-state index contributed by atoms with van der Waals surface area (Å²) in [6, 6.07) is 10.6. The van der Waals surface area contributed by atoms with Crippen LogP contribution in [0.3, 0.4) is 0 Å². The number of nitrogens with zero attached hydrogens (tertiary/aromatic N) is 4. The van der Waals surface area contributed by atoms with Crippen molar-refractivity contribution in [3.05, 3.63) is 53.3 Å². The fourth-order valence-corrected chi connectivity index (χ4v) is 1.92. The van der Waals surface area contributed by atoms with Crippen molar-refractivity contribution in [2.45, 2.75) is 20.0 Å². The number of nitriles is 1. The number of aryl methyl sites for hydroxylation is 1. The lowest BCUT2D eigenvalue weighted by atomic mass is 10.1. The van der Waals surface area contributed by atoms with Crippen LogP contribution < -0.4 is 0 Å². The molecule has 0 aliphatic carbocycles. The maximum Gasteiger partial charge on any atom is 0.253 e. The molecule has 0 saturated carbocycles. The van der Waals surface area contributed by atoms with E-state index in [0.29, 0.717) is 17.7 Å². The molecule has 0 radical (unpaired) electrons. The van der Waals surface area contributed by atoms with Gasteiger partial charge in [-0.15, -0.1) is 0 Å². The second-order valence-electron chi connectivity index (χ2n) is 4.52. The summed E-state index contributed by atoms with van der Waals surface area (Å²) in [5.74, 6) is -0.117. The number of benzene rings is 1. The molecule has 2 aromatic rings. The Kier molecular flexibility index (Phi) is 4.16. The van der Waals surface area contributed by atoms with Gasteiger partial charge in [0.05, 0.1) is 23.9 Å². The van der Waals surface area contributed by atoms with Crippen LogP contribution >= 0.6 is 0 Å². The average molecular weight is 268 g/mol. The van der Waals surface area contributed by atoms with Crippen LogP contribution in [0, 0.1) is 11.3 Å². The number of amides is 1. The molecular weight excluding hydrogens is 252 g/mol. The van der Waals surface area contributed by atoms with E-state index in [-0.39, 0.29) is 5.91 Å². The Morgan fingerprint density at radius 2 is 2.25 bits per heavy atom. The summed E-state index contributed by atoms with van der Waals surface area (Å²) >= 11 is 0. The van der Waals surface area contributed by atoms with E-state index in [0.717, 1.165) is 12.2 Å². The maximum atomic E-state index is 12.3. The van der Waals surface area contributed by atoms with Gasteiger partial charge in [-0.1, -0.05) is 6.07 Å². The predicted molar refractivity (Wildman–Crippen MR) is 74.9 cm³/mol. The van der Waals surface area contributed by atoms with Gasteiger partial charge in [0.15, 0.2) is 0 Å². The molecule has 5 nitrogen and oxygen atoms in total. The molecule has 0 aliphatic heterocycles. The van der Waals surface area contributed by atoms with Gasteiger partial charge in [0, 0.05) is 25.4 Å². The summed E-state index contributed by atoms with van der Waals surface area (Å²) in [6.45, 7) is 3.27. The summed E-state index contributed by atoms with van der Waals surface area (Å²) in [6.07, 6.45) is 1.89. The minimum atomic E-state index is -0.117. The van der Waals surface area contributed by atoms with E-state index in [1.165, 1.54) is 0 Å². The molecule has 0 saturated heterocycles. The molecule has 0 unspecified atom stereocenters. The van der Waals surface area contributed by atoms with E-state index in [9.17, 15) is 4.79 Å². The zero-order valence-electron chi connectivity index (χ0n) is 11.6. The van der Waals surface area contributed by atoms with Gasteiger partial charge in [0.2, 0.25) is 0 Å². The second-order valence-corrected chi connectivity index (χ2v) is 4.52. The van der Waals surface area contributed by atoms with Crippen LogP contribution in [0.5, 0.6) is 0 Å². The van der Waals surface area contributed by atoms with Crippen LogP contribution in [-0.2, 0) is 13.1 Å². The Balaban J connectivity index is 2.10. The molecule has 0 fully saturated rings. The number of carbonyl (C=O) groups is 1. The van der Waals surface area contributed by atoms with Crippen molar-refractivity contribution >= 4 is 5.91 Å². The van der Waals surface area contributed by atoms with Crippen molar-refractivity contribution in [2.24, 2.45) is 0 Å². The molecule has 102 valence electrons. The number of carbonyl (C=O) groups excluding carboxylic acids is 1. The third-order valence-corrected chi connectivity index (χ3v) is 3.00. The maximum absolute atomic E-state index is 12.3. The number of aromatic nitrogens is 2. The minimum Gasteiger partial charge on any atom is -0.336 e. The highest BCUT2D eigenvalue weighted by molar-refractivity contribution is 5.94. The van der Waals surface area contributed by atoms with Crippen molar-refractivity contribution in [2.75, 3.05) is 7.05 Å². The first kappa shape index (κ1) is 13.8. The van der Waals surface area contributed by atoms with Crippen molar-refractivity contribution in [1.82, 2.24) is 14.7 Å². The highest BCUT2D eigenvalue weighted by Gasteiger charge is 2.13. The molecule has 0 N–H and O–H groups in total. The number of hydrogen-bond donors (Lipinski definition) is 0. The highest BCUT2D eigenvalue weighted by atomic mass is 16.2. The van der Waals surface area contributed by atoms with Crippen LogP contribution in [0.4, 0.5) is 0 Å². The van der Waals surface area contributed by atoms with E-state index < -0.39 is 0 Å². The summed E-state index contributed by atoms with van der Waals surface area (Å²) < 4.78 is 1.82. The predicted octanol–water partition coefficient (Wildman–Crippen LogP) is 2.05. The second kappa shape index (κ2) is 6.02. The Morgan fingerprint density at radius 1 is 1.45 bits per heavy atom. The Hall–Kier alpha value is -2.61. The summed E-state index contributed by atoms with van der Waals surface area (Å²) in [4.78, 5) is 13.9. The highest BCUT2D eigenvalue weighted by Crippen LogP contribution is 2.09. The van der Waals surface area contributed by atoms with Crippen LogP contribution in [0.25, 0.3) is 0 Å². The van der Waals surface area contributed by atoms with Crippen LogP contribution in [0.2, 0.25) is 0 Å². The first-order chi connectivity index (χ1) is 9.63. The fraction of sp³-hybridized carbons (Fsp3) is 0.267. The Labute approximate surface area is 118 Å². The largest absolute Gasteiger partial charge is 0.336 e. The van der Waals surface area contributed by atoms with Gasteiger partial charge in [-0.25, -0.2) is 0 Å². The van der Waals surface area contributed by atoms with Crippen LogP contribution in [0.15, 0.2) is 36.5 Å². The van der Waals surface area contributed by atoms with Gasteiger partial charge >= 0.3 is 0 Å². The molecule has 2 rings (SSSR count). The third-order valence-electron chi connectivity index (χ3n) is 3.00. The SMILES string of the molecule is CCn1ccc(CN(C)C(=O)c2cccc(C#N)c2)n1. The van der Waals surface area contributed by atoms with Crippen molar-refractivity contribution in [3.63, 3.8) is 0 Å². The number of rotatable bonds is 4. The quantitative estimate of drug-likeness (QED) is 0.852. The topological polar surface area (TPSA) is 61.9 Å². The zero-order valence-corrected chi connectivity index (χ0v) is 11.6. The molecule has 1 aromatic heterocycles. The molecule has 0 spiro atoms. The summed E-state index contributed by atoms with van der Waals surface area (Å²) in [5, 5.41) is 13.2. The van der Waals surface area contributed by atoms with Gasteiger partial charge in [-0.2, -0.15) is 10.4 Å². The fourth-order valence-electron chi connectivity index (χ4n) is 1.92. The van der Waals surface area contributed by atoms with E-state index in [1.54, 1.807) is 36.2 Å². The average Bonchev–Trinajstić information content (AvgIpc) is 2.94. The molecule has 0 aliphatic rings. The van der Waals surface area contributed by atoms with Gasteiger partial charge in [0.25, 0.3) is 5.91 Å². The van der Waals surface area contributed by atoms with E-state index in [2.05, 4.69) is 5.10 Å². The van der Waals surface area contributed by atoms with E-state index in [1.807, 2.05) is 29.9 Å². The molecule has 0 bridgehead atoms. The third kappa shape index (κ3) is 3.04. The first-order valence-electron chi connectivity index (χ1n) is 6.42. The standard InChI is InChI=1S/C15H16N4O/c1-3-19-8-7-14(17-19)11-18(2)15(20)13-6-4-5-12(9-13)10-16/h4-9H,3,11H2,1-2H3. The summed E-state index contributed by atoms with van der Waals surface area (Å²) in [7, 11) is 1.73. The van der Waals surface area contributed by atoms with Crippen molar-refractivity contribution in [1.29, 1.82) is 5.26 Å². The Morgan fingerprint density at radius 3 is 2.90 bits per heavy atom. The van der Waals surface area contributed by atoms with Gasteiger partial charge in [0.1, 0.15) is 0 Å². The van der Waals surface area contributed by atoms with Crippen molar-refractivity contribution < 1.29 is 4.79 Å².